The Balaban J connectivity index is 0.000000490. The van der Waals surface area contributed by atoms with Crippen molar-refractivity contribution < 1.29 is 5.11 Å². The molecule has 1 nitrogen and oxygen atoms in total. The number of para-hydroxylation sites is 1. The van der Waals surface area contributed by atoms with Crippen LogP contribution in [0.15, 0.2) is 30.3 Å². The fraction of sp³-hybridized carbons (Fsp3) is 0. The Morgan fingerprint density at radius 1 is 1.00 bits per heavy atom. The summed E-state index contributed by atoms with van der Waals surface area (Å²) in [5.41, 5.74) is 0. The van der Waals surface area contributed by atoms with Gasteiger partial charge >= 0.3 is 0 Å². The van der Waals surface area contributed by atoms with Crippen LogP contribution in [0.25, 0.3) is 0 Å². The van der Waals surface area contributed by atoms with Crippen molar-refractivity contribution in [3.8, 4) is 5.75 Å². The topological polar surface area (TPSA) is 20.2 Å². The summed E-state index contributed by atoms with van der Waals surface area (Å²) >= 11 is 0. The van der Waals surface area contributed by atoms with Gasteiger partial charge in [0.05, 0.1) is 0 Å². The maximum Gasteiger partial charge on any atom is 0.115 e. The van der Waals surface area contributed by atoms with E-state index in [0.717, 1.165) is 0 Å². The van der Waals surface area contributed by atoms with Gasteiger partial charge in [0.25, 0.3) is 0 Å². The van der Waals surface area contributed by atoms with Crippen LogP contribution in [0.5, 0.6) is 5.75 Å². The average Bonchev–Trinajstić information content (AvgIpc) is 1.69. The Kier molecular flexibility index (Phi) is 3.97. The molecule has 0 spiro atoms. The van der Waals surface area contributed by atoms with Crippen LogP contribution in [0, 0.1) is 0 Å². The van der Waals surface area contributed by atoms with Crippen LogP contribution in [0.2, 0.25) is 0 Å². The third-order valence-electron chi connectivity index (χ3n) is 0.756. The molecule has 0 aromatic heterocycles. The largest absolute Gasteiger partial charge is 0.508 e. The molecule has 0 saturated carbocycles. The van der Waals surface area contributed by atoms with E-state index in [9.17, 15) is 0 Å². The number of phenols is 1. The first-order valence-electron chi connectivity index (χ1n) is 2.13. The van der Waals surface area contributed by atoms with E-state index in [1.807, 2.05) is 6.07 Å². The molecule has 1 radical (unpaired) electrons. The zero-order valence-electron chi connectivity index (χ0n) is 4.83. The van der Waals surface area contributed by atoms with Crippen LogP contribution in [0.1, 0.15) is 0 Å². The Morgan fingerprint density at radius 3 is 1.75 bits per heavy atom. The van der Waals surface area contributed by atoms with Gasteiger partial charge in [-0.05, 0) is 12.1 Å². The second-order valence-electron chi connectivity index (χ2n) is 1.34. The van der Waals surface area contributed by atoms with Crippen molar-refractivity contribution in [2.24, 2.45) is 0 Å². The summed E-state index contributed by atoms with van der Waals surface area (Å²) in [6, 6.07) is 8.71. The Morgan fingerprint density at radius 2 is 1.50 bits per heavy atom. The quantitative estimate of drug-likeness (QED) is 0.503. The van der Waals surface area contributed by atoms with Crippen LogP contribution in [0.4, 0.5) is 0 Å². The minimum Gasteiger partial charge on any atom is -0.508 e. The third kappa shape index (κ3) is 2.36. The number of phenolic OH excluding ortho intramolecular Hbond substituents is 1. The van der Waals surface area contributed by atoms with Gasteiger partial charge in [-0.15, -0.1) is 0 Å². The van der Waals surface area contributed by atoms with Crippen LogP contribution in [-0.4, -0.2) is 34.7 Å². The second-order valence-corrected chi connectivity index (χ2v) is 1.34. The van der Waals surface area contributed by atoms with Crippen LogP contribution in [0.3, 0.4) is 0 Å². The van der Waals surface area contributed by atoms with Gasteiger partial charge in [-0.2, -0.15) is 0 Å². The molecule has 0 aliphatic heterocycles. The molecule has 0 aliphatic carbocycles. The molecule has 0 atom stereocenters. The Labute approximate surface area is 70.6 Å². The monoisotopic (exact) mass is 117 g/mol. The molecule has 0 heterocycles. The van der Waals surface area contributed by atoms with Gasteiger partial charge in [-0.1, -0.05) is 18.2 Å². The van der Waals surface area contributed by atoms with Crippen LogP contribution in [-0.2, 0) is 0 Å². The summed E-state index contributed by atoms with van der Waals surface area (Å²) in [6.07, 6.45) is 0. The second kappa shape index (κ2) is 3.96. The maximum atomic E-state index is 8.63. The van der Waals surface area contributed by atoms with E-state index in [1.165, 1.54) is 0 Å². The summed E-state index contributed by atoms with van der Waals surface area (Å²) < 4.78 is 0. The van der Waals surface area contributed by atoms with Crippen molar-refractivity contribution >= 4 is 29.6 Å². The van der Waals surface area contributed by atoms with Gasteiger partial charge in [0.2, 0.25) is 0 Å². The van der Waals surface area contributed by atoms with Gasteiger partial charge in [-0.3, -0.25) is 0 Å². The van der Waals surface area contributed by atoms with E-state index in [4.69, 9.17) is 5.11 Å². The zero-order valence-corrected chi connectivity index (χ0v) is 6.83. The minimum absolute atomic E-state index is 0. The molecule has 0 amide bonds. The van der Waals surface area contributed by atoms with Crippen molar-refractivity contribution in [2.75, 3.05) is 0 Å². The average molecular weight is 117 g/mol. The molecule has 37 valence electrons. The van der Waals surface area contributed by atoms with Crippen molar-refractivity contribution in [3.63, 3.8) is 0 Å². The molecular weight excluding hydrogens is 111 g/mol. The molecule has 0 bridgehead atoms. The van der Waals surface area contributed by atoms with E-state index < -0.39 is 0 Å². The number of benzene rings is 1. The number of rotatable bonds is 0. The zero-order chi connectivity index (χ0) is 5.11. The molecular formula is C6H6NaO. The fourth-order valence-corrected chi connectivity index (χ4v) is 0.428. The minimum atomic E-state index is 0. The van der Waals surface area contributed by atoms with Crippen molar-refractivity contribution in [1.29, 1.82) is 0 Å². The van der Waals surface area contributed by atoms with Crippen LogP contribution >= 0.6 is 0 Å². The summed E-state index contributed by atoms with van der Waals surface area (Å²) in [5, 5.41) is 8.63. The predicted molar refractivity (Wildman–Crippen MR) is 33.9 cm³/mol. The van der Waals surface area contributed by atoms with E-state index in [2.05, 4.69) is 0 Å². The number of aromatic hydroxyl groups is 1. The Bertz CT molecular complexity index is 138. The summed E-state index contributed by atoms with van der Waals surface area (Å²) in [6.45, 7) is 0. The molecule has 1 aromatic rings. The summed E-state index contributed by atoms with van der Waals surface area (Å²) in [7, 11) is 0. The number of hydrogen-bond donors (Lipinski definition) is 1. The molecule has 1 aromatic carbocycles. The van der Waals surface area contributed by atoms with Gasteiger partial charge in [-0.25, -0.2) is 0 Å². The first-order chi connectivity index (χ1) is 3.39. The van der Waals surface area contributed by atoms with E-state index in [-0.39, 0.29) is 29.6 Å². The molecule has 0 saturated heterocycles. The first kappa shape index (κ1) is 8.02. The SMILES string of the molecule is Oc1ccccc1.[Na]. The maximum absolute atomic E-state index is 8.63. The standard InChI is InChI=1S/C6H6O.Na/c7-6-4-2-1-3-5-6;/h1-5,7H;. The molecule has 1 rings (SSSR count). The normalized spacial score (nSPS) is 7.50. The smallest absolute Gasteiger partial charge is 0.115 e. The van der Waals surface area contributed by atoms with Gasteiger partial charge in [0.15, 0.2) is 0 Å². The molecule has 0 unspecified atom stereocenters. The van der Waals surface area contributed by atoms with Crippen molar-refractivity contribution in [1.82, 2.24) is 0 Å². The van der Waals surface area contributed by atoms with Crippen LogP contribution < -0.4 is 0 Å². The molecule has 2 heteroatoms. The van der Waals surface area contributed by atoms with E-state index in [1.54, 1.807) is 24.3 Å². The summed E-state index contributed by atoms with van der Waals surface area (Å²) in [5.74, 6) is 0.322. The van der Waals surface area contributed by atoms with Gasteiger partial charge in [0, 0.05) is 29.6 Å². The van der Waals surface area contributed by atoms with Gasteiger partial charge in [0.1, 0.15) is 5.75 Å². The molecule has 8 heavy (non-hydrogen) atoms. The first-order valence-corrected chi connectivity index (χ1v) is 2.13. The Hall–Kier alpha value is 0.0200. The third-order valence-corrected chi connectivity index (χ3v) is 0.756. The van der Waals surface area contributed by atoms with Crippen molar-refractivity contribution in [2.45, 2.75) is 0 Å². The number of hydrogen-bond acceptors (Lipinski definition) is 1. The van der Waals surface area contributed by atoms with E-state index >= 15 is 0 Å². The summed E-state index contributed by atoms with van der Waals surface area (Å²) in [4.78, 5) is 0. The van der Waals surface area contributed by atoms with E-state index in [0.29, 0.717) is 5.75 Å². The molecule has 0 aliphatic rings. The predicted octanol–water partition coefficient (Wildman–Crippen LogP) is 1.01. The molecule has 0 fully saturated rings. The van der Waals surface area contributed by atoms with Gasteiger partial charge < -0.3 is 5.11 Å². The fourth-order valence-electron chi connectivity index (χ4n) is 0.428. The molecule has 1 N–H and O–H groups in total. The van der Waals surface area contributed by atoms with Crippen molar-refractivity contribution in [3.05, 3.63) is 30.3 Å².